The monoisotopic (exact) mass is 201 g/mol. The SMILES string of the molecule is C=C(CCNC)c1ccc(Cl)s1. The maximum atomic E-state index is 5.80. The maximum absolute atomic E-state index is 5.80. The second kappa shape index (κ2) is 4.65. The van der Waals surface area contributed by atoms with Crippen molar-refractivity contribution in [3.8, 4) is 0 Å². The van der Waals surface area contributed by atoms with Gasteiger partial charge < -0.3 is 5.32 Å². The first-order valence-electron chi connectivity index (χ1n) is 3.82. The molecule has 12 heavy (non-hydrogen) atoms. The summed E-state index contributed by atoms with van der Waals surface area (Å²) in [6.07, 6.45) is 0.980. The molecule has 0 saturated carbocycles. The lowest BCUT2D eigenvalue weighted by Crippen LogP contribution is -2.07. The molecule has 0 unspecified atom stereocenters. The van der Waals surface area contributed by atoms with Gasteiger partial charge in [0.2, 0.25) is 0 Å². The smallest absolute Gasteiger partial charge is 0.0934 e. The fourth-order valence-electron chi connectivity index (χ4n) is 0.903. The Hall–Kier alpha value is -0.310. The number of halogens is 1. The molecule has 0 atom stereocenters. The van der Waals surface area contributed by atoms with E-state index in [2.05, 4.69) is 11.9 Å². The van der Waals surface area contributed by atoms with Gasteiger partial charge in [-0.2, -0.15) is 0 Å². The fraction of sp³-hybridized carbons (Fsp3) is 0.333. The van der Waals surface area contributed by atoms with E-state index in [0.717, 1.165) is 22.9 Å². The Labute approximate surface area is 82.1 Å². The first-order valence-corrected chi connectivity index (χ1v) is 5.01. The van der Waals surface area contributed by atoms with E-state index in [4.69, 9.17) is 11.6 Å². The molecule has 0 aliphatic carbocycles. The predicted octanol–water partition coefficient (Wildman–Crippen LogP) is 3.02. The van der Waals surface area contributed by atoms with Crippen LogP contribution in [0.4, 0.5) is 0 Å². The van der Waals surface area contributed by atoms with E-state index >= 15 is 0 Å². The van der Waals surface area contributed by atoms with E-state index in [-0.39, 0.29) is 0 Å². The van der Waals surface area contributed by atoms with Gasteiger partial charge in [0, 0.05) is 4.88 Å². The molecule has 0 bridgehead atoms. The quantitative estimate of drug-likeness (QED) is 0.790. The van der Waals surface area contributed by atoms with Crippen LogP contribution < -0.4 is 5.32 Å². The third-order valence-corrected chi connectivity index (χ3v) is 2.93. The van der Waals surface area contributed by atoms with Crippen LogP contribution in [-0.4, -0.2) is 13.6 Å². The lowest BCUT2D eigenvalue weighted by molar-refractivity contribution is 0.817. The van der Waals surface area contributed by atoms with Crippen molar-refractivity contribution in [1.82, 2.24) is 5.32 Å². The molecule has 1 N–H and O–H groups in total. The molecule has 1 nitrogen and oxygen atoms in total. The molecule has 3 heteroatoms. The Bertz CT molecular complexity index is 267. The summed E-state index contributed by atoms with van der Waals surface area (Å²) in [5.74, 6) is 0. The van der Waals surface area contributed by atoms with Gasteiger partial charge in [0.1, 0.15) is 0 Å². The lowest BCUT2D eigenvalue weighted by Gasteiger charge is -2.00. The van der Waals surface area contributed by atoms with Crippen LogP contribution in [0.3, 0.4) is 0 Å². The highest BCUT2D eigenvalue weighted by Gasteiger charge is 2.01. The third-order valence-electron chi connectivity index (χ3n) is 1.60. The molecule has 1 aromatic rings. The summed E-state index contributed by atoms with van der Waals surface area (Å²) in [7, 11) is 1.94. The largest absolute Gasteiger partial charge is 0.319 e. The summed E-state index contributed by atoms with van der Waals surface area (Å²) >= 11 is 7.38. The van der Waals surface area contributed by atoms with Gasteiger partial charge in [0.15, 0.2) is 0 Å². The number of nitrogens with one attached hydrogen (secondary N) is 1. The molecule has 0 amide bonds. The molecule has 0 spiro atoms. The summed E-state index contributed by atoms with van der Waals surface area (Å²) in [5, 5.41) is 3.09. The third kappa shape index (κ3) is 2.63. The first-order chi connectivity index (χ1) is 5.74. The summed E-state index contributed by atoms with van der Waals surface area (Å²) < 4.78 is 0.829. The summed E-state index contributed by atoms with van der Waals surface area (Å²) in [6, 6.07) is 3.93. The van der Waals surface area contributed by atoms with Crippen LogP contribution in [0.15, 0.2) is 18.7 Å². The van der Waals surface area contributed by atoms with Crippen LogP contribution in [0.2, 0.25) is 4.34 Å². The summed E-state index contributed by atoms with van der Waals surface area (Å²) in [5.41, 5.74) is 1.15. The van der Waals surface area contributed by atoms with Crippen molar-refractivity contribution >= 4 is 28.5 Å². The molecule has 1 rings (SSSR count). The average Bonchev–Trinajstić information content (AvgIpc) is 2.47. The molecule has 1 heterocycles. The molecular weight excluding hydrogens is 190 g/mol. The van der Waals surface area contributed by atoms with E-state index in [1.165, 1.54) is 4.88 Å². The highest BCUT2D eigenvalue weighted by Crippen LogP contribution is 2.27. The van der Waals surface area contributed by atoms with E-state index in [0.29, 0.717) is 0 Å². The van der Waals surface area contributed by atoms with Gasteiger partial charge in [-0.25, -0.2) is 0 Å². The van der Waals surface area contributed by atoms with E-state index < -0.39 is 0 Å². The Kier molecular flexibility index (Phi) is 3.79. The number of thiophene rings is 1. The second-order valence-electron chi connectivity index (χ2n) is 2.56. The van der Waals surface area contributed by atoms with Crippen LogP contribution in [0.25, 0.3) is 5.57 Å². The Morgan fingerprint density at radius 3 is 2.92 bits per heavy atom. The maximum Gasteiger partial charge on any atom is 0.0934 e. The van der Waals surface area contributed by atoms with E-state index in [9.17, 15) is 0 Å². The van der Waals surface area contributed by atoms with Crippen molar-refractivity contribution in [3.63, 3.8) is 0 Å². The van der Waals surface area contributed by atoms with Gasteiger partial charge in [0.25, 0.3) is 0 Å². The van der Waals surface area contributed by atoms with Crippen molar-refractivity contribution in [3.05, 3.63) is 27.9 Å². The molecule has 0 fully saturated rings. The van der Waals surface area contributed by atoms with Crippen molar-refractivity contribution in [1.29, 1.82) is 0 Å². The number of hydrogen-bond donors (Lipinski definition) is 1. The zero-order valence-corrected chi connectivity index (χ0v) is 8.63. The zero-order chi connectivity index (χ0) is 8.97. The van der Waals surface area contributed by atoms with Gasteiger partial charge >= 0.3 is 0 Å². The highest BCUT2D eigenvalue weighted by molar-refractivity contribution is 7.17. The van der Waals surface area contributed by atoms with Crippen LogP contribution in [0, 0.1) is 0 Å². The Balaban J connectivity index is 2.53. The summed E-state index contributed by atoms with van der Waals surface area (Å²) in [4.78, 5) is 1.19. The molecule has 66 valence electrons. The fourth-order valence-corrected chi connectivity index (χ4v) is 1.94. The second-order valence-corrected chi connectivity index (χ2v) is 4.28. The molecule has 0 aliphatic rings. The lowest BCUT2D eigenvalue weighted by atomic mass is 10.2. The molecule has 0 aromatic carbocycles. The first kappa shape index (κ1) is 9.78. The molecule has 0 saturated heterocycles. The highest BCUT2D eigenvalue weighted by atomic mass is 35.5. The molecule has 0 aliphatic heterocycles. The van der Waals surface area contributed by atoms with Crippen molar-refractivity contribution in [2.75, 3.05) is 13.6 Å². The van der Waals surface area contributed by atoms with Crippen molar-refractivity contribution in [2.45, 2.75) is 6.42 Å². The van der Waals surface area contributed by atoms with E-state index in [1.54, 1.807) is 11.3 Å². The Morgan fingerprint density at radius 1 is 1.67 bits per heavy atom. The summed E-state index contributed by atoms with van der Waals surface area (Å²) in [6.45, 7) is 4.95. The predicted molar refractivity (Wildman–Crippen MR) is 56.9 cm³/mol. The number of hydrogen-bond acceptors (Lipinski definition) is 2. The zero-order valence-electron chi connectivity index (χ0n) is 7.06. The average molecular weight is 202 g/mol. The van der Waals surface area contributed by atoms with Crippen molar-refractivity contribution in [2.24, 2.45) is 0 Å². The van der Waals surface area contributed by atoms with Crippen molar-refractivity contribution < 1.29 is 0 Å². The van der Waals surface area contributed by atoms with Gasteiger partial charge in [-0.15, -0.1) is 11.3 Å². The minimum atomic E-state index is 0.829. The van der Waals surface area contributed by atoms with E-state index in [1.807, 2.05) is 19.2 Å². The normalized spacial score (nSPS) is 10.2. The van der Waals surface area contributed by atoms with Gasteiger partial charge in [-0.05, 0) is 37.7 Å². The topological polar surface area (TPSA) is 12.0 Å². The molecule has 0 radical (unpaired) electrons. The Morgan fingerprint density at radius 2 is 2.42 bits per heavy atom. The van der Waals surface area contributed by atoms with Gasteiger partial charge in [-0.3, -0.25) is 0 Å². The van der Waals surface area contributed by atoms with Gasteiger partial charge in [-0.1, -0.05) is 18.2 Å². The van der Waals surface area contributed by atoms with Crippen LogP contribution in [0.1, 0.15) is 11.3 Å². The van der Waals surface area contributed by atoms with Crippen LogP contribution in [-0.2, 0) is 0 Å². The standard InChI is InChI=1S/C9H12ClNS/c1-7(5-6-11-2)8-3-4-9(10)12-8/h3-4,11H,1,5-6H2,2H3. The molecular formula is C9H12ClNS. The van der Waals surface area contributed by atoms with Crippen LogP contribution in [0.5, 0.6) is 0 Å². The minimum Gasteiger partial charge on any atom is -0.319 e. The minimum absolute atomic E-state index is 0.829. The van der Waals surface area contributed by atoms with Gasteiger partial charge in [0.05, 0.1) is 4.34 Å². The van der Waals surface area contributed by atoms with Crippen LogP contribution >= 0.6 is 22.9 Å². The molecule has 1 aromatic heterocycles. The number of rotatable bonds is 4.